The van der Waals surface area contributed by atoms with Crippen LogP contribution in [0.3, 0.4) is 0 Å². The lowest BCUT2D eigenvalue weighted by molar-refractivity contribution is -0.135. The third-order valence-electron chi connectivity index (χ3n) is 5.50. The molecule has 4 rings (SSSR count). The molecule has 8 nitrogen and oxygen atoms in total. The molecule has 3 heterocycles. The first-order valence-corrected chi connectivity index (χ1v) is 10.3. The molecule has 0 spiro atoms. The van der Waals surface area contributed by atoms with E-state index < -0.39 is 6.04 Å². The molecular weight excluding hydrogens is 394 g/mol. The number of carbonyl (C=O) groups excluding carboxylic acids is 1. The lowest BCUT2D eigenvalue weighted by Crippen LogP contribution is -2.51. The number of nitrogens with zero attached hydrogens (tertiary/aromatic N) is 5. The van der Waals surface area contributed by atoms with Crippen LogP contribution in [0.1, 0.15) is 13.0 Å². The Kier molecular flexibility index (Phi) is 5.97. The van der Waals surface area contributed by atoms with Gasteiger partial charge in [-0.25, -0.2) is 9.67 Å². The largest absolute Gasteiger partial charge is 0.497 e. The molecule has 1 amide bonds. The third-order valence-corrected chi connectivity index (χ3v) is 5.50. The number of amides is 1. The van der Waals surface area contributed by atoms with Gasteiger partial charge in [-0.2, -0.15) is 5.10 Å². The van der Waals surface area contributed by atoms with Gasteiger partial charge in [0.15, 0.2) is 0 Å². The van der Waals surface area contributed by atoms with Gasteiger partial charge in [-0.1, -0.05) is 6.07 Å². The van der Waals surface area contributed by atoms with Crippen LogP contribution in [0.5, 0.6) is 5.75 Å². The summed E-state index contributed by atoms with van der Waals surface area (Å²) >= 11 is 0. The second-order valence-electron chi connectivity index (χ2n) is 7.41. The van der Waals surface area contributed by atoms with Gasteiger partial charge in [0.05, 0.1) is 12.8 Å². The Morgan fingerprint density at radius 3 is 2.39 bits per heavy atom. The first kappa shape index (κ1) is 20.6. The summed E-state index contributed by atoms with van der Waals surface area (Å²) in [5, 5.41) is 4.47. The number of pyridine rings is 1. The van der Waals surface area contributed by atoms with Crippen molar-refractivity contribution in [2.24, 2.45) is 0 Å². The number of hydrogen-bond donors (Lipinski definition) is 0. The Bertz CT molecular complexity index is 1090. The number of rotatable bonds is 5. The second kappa shape index (κ2) is 8.99. The van der Waals surface area contributed by atoms with Crippen molar-refractivity contribution in [3.63, 3.8) is 0 Å². The van der Waals surface area contributed by atoms with Crippen molar-refractivity contribution in [3.05, 3.63) is 71.1 Å². The van der Waals surface area contributed by atoms with E-state index in [0.717, 1.165) is 17.1 Å². The number of ether oxygens (including phenoxy) is 1. The fraction of sp³-hybridized carbons (Fsp3) is 0.304. The van der Waals surface area contributed by atoms with Crippen molar-refractivity contribution in [1.82, 2.24) is 19.7 Å². The molecular formula is C23H25N5O3. The highest BCUT2D eigenvalue weighted by molar-refractivity contribution is 5.80. The van der Waals surface area contributed by atoms with Gasteiger partial charge in [-0.05, 0) is 49.4 Å². The van der Waals surface area contributed by atoms with Gasteiger partial charge in [0.25, 0.3) is 5.56 Å². The minimum absolute atomic E-state index is 0.109. The van der Waals surface area contributed by atoms with E-state index in [-0.39, 0.29) is 11.5 Å². The molecule has 1 fully saturated rings. The minimum atomic E-state index is -0.688. The zero-order valence-corrected chi connectivity index (χ0v) is 17.6. The molecule has 1 aliphatic rings. The lowest BCUT2D eigenvalue weighted by atomic mass is 10.1. The van der Waals surface area contributed by atoms with Crippen LogP contribution in [0.4, 0.5) is 5.82 Å². The van der Waals surface area contributed by atoms with E-state index in [1.807, 2.05) is 42.5 Å². The van der Waals surface area contributed by atoms with Crippen LogP contribution in [-0.4, -0.2) is 58.9 Å². The van der Waals surface area contributed by atoms with Crippen molar-refractivity contribution >= 4 is 11.7 Å². The SMILES string of the molecule is COc1ccc(-c2ccc(=O)n(C(C)C(=O)N3CCN(c4ccccn4)CC3)n2)cc1. The van der Waals surface area contributed by atoms with E-state index in [4.69, 9.17) is 4.74 Å². The molecule has 1 atom stereocenters. The number of anilines is 1. The average Bonchev–Trinajstić information content (AvgIpc) is 2.84. The van der Waals surface area contributed by atoms with Crippen molar-refractivity contribution < 1.29 is 9.53 Å². The summed E-state index contributed by atoms with van der Waals surface area (Å²) in [5.41, 5.74) is 1.17. The Morgan fingerprint density at radius 2 is 1.74 bits per heavy atom. The molecule has 0 N–H and O–H groups in total. The van der Waals surface area contributed by atoms with Gasteiger partial charge in [-0.15, -0.1) is 0 Å². The van der Waals surface area contributed by atoms with Crippen molar-refractivity contribution in [3.8, 4) is 17.0 Å². The van der Waals surface area contributed by atoms with E-state index in [9.17, 15) is 9.59 Å². The van der Waals surface area contributed by atoms with Gasteiger partial charge >= 0.3 is 0 Å². The molecule has 160 valence electrons. The van der Waals surface area contributed by atoms with Crippen LogP contribution in [0, 0.1) is 0 Å². The molecule has 2 aromatic heterocycles. The average molecular weight is 419 g/mol. The van der Waals surface area contributed by atoms with Crippen LogP contribution in [0.15, 0.2) is 65.6 Å². The fourth-order valence-electron chi connectivity index (χ4n) is 3.68. The topological polar surface area (TPSA) is 80.6 Å². The minimum Gasteiger partial charge on any atom is -0.497 e. The Hall–Kier alpha value is -3.68. The molecule has 8 heteroatoms. The number of methoxy groups -OCH3 is 1. The highest BCUT2D eigenvalue weighted by Gasteiger charge is 2.27. The molecule has 0 bridgehead atoms. The predicted octanol–water partition coefficient (Wildman–Crippen LogP) is 2.22. The van der Waals surface area contributed by atoms with Crippen LogP contribution in [0.25, 0.3) is 11.3 Å². The monoisotopic (exact) mass is 419 g/mol. The smallest absolute Gasteiger partial charge is 0.267 e. The quantitative estimate of drug-likeness (QED) is 0.631. The maximum atomic E-state index is 13.1. The predicted molar refractivity (Wildman–Crippen MR) is 118 cm³/mol. The van der Waals surface area contributed by atoms with Crippen molar-refractivity contribution in [2.45, 2.75) is 13.0 Å². The summed E-state index contributed by atoms with van der Waals surface area (Å²) in [6.07, 6.45) is 1.77. The second-order valence-corrected chi connectivity index (χ2v) is 7.41. The lowest BCUT2D eigenvalue weighted by Gasteiger charge is -2.36. The zero-order valence-electron chi connectivity index (χ0n) is 17.6. The Morgan fingerprint density at radius 1 is 1.00 bits per heavy atom. The maximum Gasteiger partial charge on any atom is 0.267 e. The number of piperazine rings is 1. The zero-order chi connectivity index (χ0) is 21.8. The third kappa shape index (κ3) is 4.42. The van der Waals surface area contributed by atoms with E-state index in [2.05, 4.69) is 15.0 Å². The number of aromatic nitrogens is 3. The molecule has 1 aromatic carbocycles. The van der Waals surface area contributed by atoms with E-state index in [1.54, 1.807) is 31.2 Å². The summed E-state index contributed by atoms with van der Waals surface area (Å²) in [4.78, 5) is 33.9. The van der Waals surface area contributed by atoms with Crippen LogP contribution in [0.2, 0.25) is 0 Å². The molecule has 3 aromatic rings. The van der Waals surface area contributed by atoms with Crippen LogP contribution < -0.4 is 15.2 Å². The molecule has 1 unspecified atom stereocenters. The van der Waals surface area contributed by atoms with Gasteiger partial charge in [0.2, 0.25) is 5.91 Å². The van der Waals surface area contributed by atoms with E-state index in [1.165, 1.54) is 10.7 Å². The molecule has 31 heavy (non-hydrogen) atoms. The molecule has 0 radical (unpaired) electrons. The standard InChI is InChI=1S/C23H25N5O3/c1-17(23(30)27-15-13-26(14-16-27)21-5-3-4-12-24-21)28-22(29)11-10-20(25-28)18-6-8-19(31-2)9-7-18/h3-12,17H,13-16H2,1-2H3. The Labute approximate surface area is 180 Å². The normalized spacial score (nSPS) is 14.9. The van der Waals surface area contributed by atoms with Gasteiger partial charge in [-0.3, -0.25) is 9.59 Å². The van der Waals surface area contributed by atoms with Gasteiger partial charge < -0.3 is 14.5 Å². The highest BCUT2D eigenvalue weighted by atomic mass is 16.5. The summed E-state index contributed by atoms with van der Waals surface area (Å²) in [5.74, 6) is 1.54. The van der Waals surface area contributed by atoms with Crippen LogP contribution >= 0.6 is 0 Å². The first-order chi connectivity index (χ1) is 15.1. The molecule has 0 saturated carbocycles. The van der Waals surface area contributed by atoms with E-state index >= 15 is 0 Å². The van der Waals surface area contributed by atoms with Gasteiger partial charge in [0.1, 0.15) is 17.6 Å². The Balaban J connectivity index is 1.48. The fourth-order valence-corrected chi connectivity index (χ4v) is 3.68. The molecule has 1 aliphatic heterocycles. The van der Waals surface area contributed by atoms with Crippen molar-refractivity contribution in [2.75, 3.05) is 38.2 Å². The summed E-state index contributed by atoms with van der Waals surface area (Å²) in [6, 6.07) is 15.7. The number of hydrogen-bond acceptors (Lipinski definition) is 6. The molecule has 1 saturated heterocycles. The van der Waals surface area contributed by atoms with Gasteiger partial charge in [0, 0.05) is 44.0 Å². The summed E-state index contributed by atoms with van der Waals surface area (Å²) < 4.78 is 6.46. The number of carbonyl (C=O) groups is 1. The maximum absolute atomic E-state index is 13.1. The molecule has 0 aliphatic carbocycles. The number of benzene rings is 1. The summed E-state index contributed by atoms with van der Waals surface area (Å²) in [6.45, 7) is 4.27. The summed E-state index contributed by atoms with van der Waals surface area (Å²) in [7, 11) is 1.61. The first-order valence-electron chi connectivity index (χ1n) is 10.3. The van der Waals surface area contributed by atoms with Crippen LogP contribution in [-0.2, 0) is 4.79 Å². The van der Waals surface area contributed by atoms with E-state index in [0.29, 0.717) is 31.9 Å². The highest BCUT2D eigenvalue weighted by Crippen LogP contribution is 2.21. The van der Waals surface area contributed by atoms with Crippen molar-refractivity contribution in [1.29, 1.82) is 0 Å².